The normalized spacial score (nSPS) is 13.5. The highest BCUT2D eigenvalue weighted by molar-refractivity contribution is 5.92. The smallest absolute Gasteiger partial charge is 0.271 e. The number of hydrogen-bond acceptors (Lipinski definition) is 5. The summed E-state index contributed by atoms with van der Waals surface area (Å²) >= 11 is 0. The van der Waals surface area contributed by atoms with Gasteiger partial charge in [-0.05, 0) is 12.1 Å². The summed E-state index contributed by atoms with van der Waals surface area (Å²) < 4.78 is 7.47. The van der Waals surface area contributed by atoms with E-state index in [9.17, 15) is 4.79 Å². The lowest BCUT2D eigenvalue weighted by Gasteiger charge is -2.13. The number of rotatable bonds is 4. The fourth-order valence-electron chi connectivity index (χ4n) is 2.66. The van der Waals surface area contributed by atoms with E-state index in [2.05, 4.69) is 20.6 Å². The molecule has 0 bridgehead atoms. The van der Waals surface area contributed by atoms with Crippen LogP contribution in [-0.4, -0.2) is 27.0 Å². The molecule has 0 spiro atoms. The van der Waals surface area contributed by atoms with Gasteiger partial charge in [0.05, 0.1) is 18.8 Å². The van der Waals surface area contributed by atoms with Crippen LogP contribution >= 0.6 is 0 Å². The van der Waals surface area contributed by atoms with Gasteiger partial charge in [0, 0.05) is 24.8 Å². The van der Waals surface area contributed by atoms with Gasteiger partial charge >= 0.3 is 0 Å². The molecule has 0 saturated heterocycles. The first-order chi connectivity index (χ1) is 11.8. The third kappa shape index (κ3) is 2.93. The Morgan fingerprint density at radius 2 is 2.17 bits per heavy atom. The second-order valence-electron chi connectivity index (χ2n) is 5.61. The van der Waals surface area contributed by atoms with E-state index in [0.717, 1.165) is 24.5 Å². The molecule has 2 aromatic heterocycles. The summed E-state index contributed by atoms with van der Waals surface area (Å²) in [5.74, 6) is 1.23. The Morgan fingerprint density at radius 3 is 3.00 bits per heavy atom. The Balaban J connectivity index is 1.41. The van der Waals surface area contributed by atoms with Gasteiger partial charge in [-0.25, -0.2) is 9.97 Å². The molecule has 1 aliphatic heterocycles. The highest BCUT2D eigenvalue weighted by Gasteiger charge is 2.16. The van der Waals surface area contributed by atoms with Crippen molar-refractivity contribution in [2.45, 2.75) is 19.6 Å². The molecular formula is C17H17N5O2. The third-order valence-corrected chi connectivity index (χ3v) is 3.91. The predicted molar refractivity (Wildman–Crippen MR) is 87.0 cm³/mol. The molecule has 1 aromatic carbocycles. The lowest BCUT2D eigenvalue weighted by molar-refractivity contribution is 0.0945. The number of aromatic nitrogens is 3. The highest BCUT2D eigenvalue weighted by atomic mass is 16.3. The van der Waals surface area contributed by atoms with Gasteiger partial charge in [0.15, 0.2) is 0 Å². The zero-order chi connectivity index (χ0) is 16.4. The first kappa shape index (κ1) is 14.6. The Morgan fingerprint density at radius 1 is 1.29 bits per heavy atom. The summed E-state index contributed by atoms with van der Waals surface area (Å²) in [4.78, 5) is 21.0. The van der Waals surface area contributed by atoms with Gasteiger partial charge in [-0.15, -0.1) is 0 Å². The summed E-state index contributed by atoms with van der Waals surface area (Å²) in [6, 6.07) is 9.65. The number of carbonyl (C=O) groups excluding carboxylic acids is 1. The molecule has 1 aliphatic rings. The van der Waals surface area contributed by atoms with Crippen LogP contribution < -0.4 is 10.6 Å². The van der Waals surface area contributed by atoms with Crippen LogP contribution in [0.15, 0.2) is 47.2 Å². The van der Waals surface area contributed by atoms with Crippen LogP contribution in [0, 0.1) is 0 Å². The van der Waals surface area contributed by atoms with Gasteiger partial charge < -0.3 is 19.6 Å². The SMILES string of the molecule is O=C(NCc1coc(-c2ccccc2)n1)c1cn2c(n1)CNCC2. The molecule has 0 unspecified atom stereocenters. The van der Waals surface area contributed by atoms with Crippen molar-refractivity contribution >= 4 is 5.91 Å². The Labute approximate surface area is 138 Å². The molecule has 0 fully saturated rings. The maximum Gasteiger partial charge on any atom is 0.271 e. The quantitative estimate of drug-likeness (QED) is 0.761. The zero-order valence-electron chi connectivity index (χ0n) is 13.0. The van der Waals surface area contributed by atoms with Crippen molar-refractivity contribution in [3.05, 3.63) is 60.0 Å². The van der Waals surface area contributed by atoms with Crippen LogP contribution in [0.3, 0.4) is 0 Å². The van der Waals surface area contributed by atoms with Gasteiger partial charge in [-0.2, -0.15) is 0 Å². The number of amides is 1. The van der Waals surface area contributed by atoms with Gasteiger partial charge in [0.1, 0.15) is 17.8 Å². The van der Waals surface area contributed by atoms with Gasteiger partial charge in [0.25, 0.3) is 5.91 Å². The summed E-state index contributed by atoms with van der Waals surface area (Å²) in [6.07, 6.45) is 3.36. The number of oxazole rings is 1. The van der Waals surface area contributed by atoms with Crippen molar-refractivity contribution in [1.82, 2.24) is 25.2 Å². The Bertz CT molecular complexity index is 830. The number of nitrogens with one attached hydrogen (secondary N) is 2. The second-order valence-corrected chi connectivity index (χ2v) is 5.61. The van der Waals surface area contributed by atoms with Crippen molar-refractivity contribution in [3.63, 3.8) is 0 Å². The van der Waals surface area contributed by atoms with E-state index in [1.165, 1.54) is 0 Å². The van der Waals surface area contributed by atoms with E-state index in [4.69, 9.17) is 4.42 Å². The maximum atomic E-state index is 12.2. The molecule has 7 nitrogen and oxygen atoms in total. The van der Waals surface area contributed by atoms with Crippen molar-refractivity contribution in [2.75, 3.05) is 6.54 Å². The fourth-order valence-corrected chi connectivity index (χ4v) is 2.66. The molecule has 122 valence electrons. The van der Waals surface area contributed by atoms with E-state index < -0.39 is 0 Å². The van der Waals surface area contributed by atoms with Gasteiger partial charge in [0.2, 0.25) is 5.89 Å². The lowest BCUT2D eigenvalue weighted by atomic mass is 10.2. The topological polar surface area (TPSA) is 85.0 Å². The highest BCUT2D eigenvalue weighted by Crippen LogP contribution is 2.17. The fraction of sp³-hybridized carbons (Fsp3) is 0.235. The van der Waals surface area contributed by atoms with Gasteiger partial charge in [-0.1, -0.05) is 18.2 Å². The molecule has 2 N–H and O–H groups in total. The van der Waals surface area contributed by atoms with Crippen LogP contribution in [0.1, 0.15) is 22.0 Å². The number of hydrogen-bond donors (Lipinski definition) is 2. The number of nitrogens with zero attached hydrogens (tertiary/aromatic N) is 3. The molecule has 0 radical (unpaired) electrons. The molecule has 4 rings (SSSR count). The molecular weight excluding hydrogens is 306 g/mol. The molecule has 0 atom stereocenters. The number of carbonyl (C=O) groups is 1. The summed E-state index contributed by atoms with van der Waals surface area (Å²) in [5.41, 5.74) is 2.01. The minimum atomic E-state index is -0.207. The number of imidazole rings is 1. The maximum absolute atomic E-state index is 12.2. The van der Waals surface area contributed by atoms with Crippen LogP contribution in [0.5, 0.6) is 0 Å². The van der Waals surface area contributed by atoms with Crippen LogP contribution in [-0.2, 0) is 19.6 Å². The van der Waals surface area contributed by atoms with E-state index in [1.807, 2.05) is 34.9 Å². The first-order valence-corrected chi connectivity index (χ1v) is 7.84. The van der Waals surface area contributed by atoms with E-state index in [0.29, 0.717) is 30.4 Å². The molecule has 3 aromatic rings. The zero-order valence-corrected chi connectivity index (χ0v) is 13.0. The monoisotopic (exact) mass is 323 g/mol. The molecule has 7 heteroatoms. The Hall–Kier alpha value is -2.93. The molecule has 24 heavy (non-hydrogen) atoms. The Kier molecular flexibility index (Phi) is 3.84. The number of benzene rings is 1. The summed E-state index contributed by atoms with van der Waals surface area (Å²) in [6.45, 7) is 2.72. The molecule has 3 heterocycles. The van der Waals surface area contributed by atoms with E-state index in [-0.39, 0.29) is 5.91 Å². The average molecular weight is 323 g/mol. The van der Waals surface area contributed by atoms with Crippen molar-refractivity contribution in [3.8, 4) is 11.5 Å². The standard InChI is InChI=1S/C17H17N5O2/c23-16(14-10-22-7-6-18-9-15(22)21-14)19-8-13-11-24-17(20-13)12-4-2-1-3-5-12/h1-5,10-11,18H,6-9H2,(H,19,23). The molecule has 0 saturated carbocycles. The van der Waals surface area contributed by atoms with Gasteiger partial charge in [-0.3, -0.25) is 4.79 Å². The van der Waals surface area contributed by atoms with Crippen LogP contribution in [0.25, 0.3) is 11.5 Å². The van der Waals surface area contributed by atoms with Crippen molar-refractivity contribution < 1.29 is 9.21 Å². The molecule has 1 amide bonds. The van der Waals surface area contributed by atoms with Crippen LogP contribution in [0.4, 0.5) is 0 Å². The first-order valence-electron chi connectivity index (χ1n) is 7.84. The lowest BCUT2D eigenvalue weighted by Crippen LogP contribution is -2.27. The molecule has 0 aliphatic carbocycles. The minimum Gasteiger partial charge on any atom is -0.444 e. The summed E-state index contributed by atoms with van der Waals surface area (Å²) in [7, 11) is 0. The minimum absolute atomic E-state index is 0.207. The number of fused-ring (bicyclic) bond motifs is 1. The second kappa shape index (κ2) is 6.29. The van der Waals surface area contributed by atoms with Crippen molar-refractivity contribution in [2.24, 2.45) is 0 Å². The van der Waals surface area contributed by atoms with Crippen LogP contribution in [0.2, 0.25) is 0 Å². The summed E-state index contributed by atoms with van der Waals surface area (Å²) in [5, 5.41) is 6.06. The van der Waals surface area contributed by atoms with Crippen molar-refractivity contribution in [1.29, 1.82) is 0 Å². The third-order valence-electron chi connectivity index (χ3n) is 3.91. The predicted octanol–water partition coefficient (Wildman–Crippen LogP) is 1.57. The average Bonchev–Trinajstić information content (AvgIpc) is 3.27. The van der Waals surface area contributed by atoms with E-state index >= 15 is 0 Å². The van der Waals surface area contributed by atoms with E-state index in [1.54, 1.807) is 12.5 Å². The largest absolute Gasteiger partial charge is 0.444 e.